The van der Waals surface area contributed by atoms with Gasteiger partial charge in [-0.15, -0.1) is 0 Å². The number of nitrogens with one attached hydrogen (secondary N) is 2. The van der Waals surface area contributed by atoms with Crippen molar-refractivity contribution in [3.63, 3.8) is 0 Å². The van der Waals surface area contributed by atoms with Gasteiger partial charge in [-0.05, 0) is 66.0 Å². The van der Waals surface area contributed by atoms with Gasteiger partial charge in [-0.3, -0.25) is 9.59 Å². The number of hydrogen-bond acceptors (Lipinski definition) is 5. The second kappa shape index (κ2) is 15.1. The van der Waals surface area contributed by atoms with E-state index in [9.17, 15) is 14.4 Å². The summed E-state index contributed by atoms with van der Waals surface area (Å²) in [6.45, 7) is 15.6. The summed E-state index contributed by atoms with van der Waals surface area (Å²) < 4.78 is 5.37. The minimum atomic E-state index is -0.932. The fourth-order valence-electron chi connectivity index (χ4n) is 4.03. The van der Waals surface area contributed by atoms with Crippen molar-refractivity contribution in [3.05, 3.63) is 34.9 Å². The third-order valence-corrected chi connectivity index (χ3v) is 6.03. The topological polar surface area (TPSA) is 87.7 Å². The normalized spacial score (nSPS) is 13.2. The van der Waals surface area contributed by atoms with Crippen LogP contribution < -0.4 is 10.6 Å². The number of aryl methyl sites for hydroxylation is 2. The molecule has 3 amide bonds. The lowest BCUT2D eigenvalue weighted by molar-refractivity contribution is -0.142. The number of alkyl carbamates (subject to hydrolysis) is 1. The minimum Gasteiger partial charge on any atom is -0.444 e. The van der Waals surface area contributed by atoms with Gasteiger partial charge in [0.05, 0.1) is 0 Å². The van der Waals surface area contributed by atoms with Gasteiger partial charge in [-0.1, -0.05) is 56.4 Å². The quantitative estimate of drug-likeness (QED) is 0.237. The van der Waals surface area contributed by atoms with Gasteiger partial charge in [-0.2, -0.15) is 12.6 Å². The summed E-state index contributed by atoms with van der Waals surface area (Å²) in [5.74, 6) is -0.514. The zero-order valence-corrected chi connectivity index (χ0v) is 24.3. The summed E-state index contributed by atoms with van der Waals surface area (Å²) in [5.41, 5.74) is 2.09. The first-order chi connectivity index (χ1) is 16.8. The molecule has 0 heterocycles. The third kappa shape index (κ3) is 10.8. The maximum Gasteiger partial charge on any atom is 0.408 e. The number of amides is 3. The van der Waals surface area contributed by atoms with Crippen molar-refractivity contribution in [2.24, 2.45) is 0 Å². The average molecular weight is 522 g/mol. The lowest BCUT2D eigenvalue weighted by Crippen LogP contribution is -2.54. The SMILES string of the molecule is CCCCCCCN(C(=O)C(CS)NC(=O)OC(C)(C)C)C(C(=O)NC(C)C)c1ccc(C)cc1C. The molecule has 2 N–H and O–H groups in total. The lowest BCUT2D eigenvalue weighted by atomic mass is 9.96. The van der Waals surface area contributed by atoms with Crippen LogP contribution in [0.25, 0.3) is 0 Å². The summed E-state index contributed by atoms with van der Waals surface area (Å²) in [6, 6.07) is 4.05. The molecule has 0 aliphatic carbocycles. The fourth-order valence-corrected chi connectivity index (χ4v) is 4.28. The van der Waals surface area contributed by atoms with Crippen LogP contribution in [0.4, 0.5) is 4.79 Å². The number of thiol groups is 1. The monoisotopic (exact) mass is 521 g/mol. The second-order valence-corrected chi connectivity index (χ2v) is 11.1. The zero-order chi connectivity index (χ0) is 27.5. The molecule has 0 aromatic heterocycles. The number of nitrogens with zero attached hydrogens (tertiary/aromatic N) is 1. The van der Waals surface area contributed by atoms with Crippen molar-refractivity contribution >= 4 is 30.5 Å². The third-order valence-electron chi connectivity index (χ3n) is 5.67. The van der Waals surface area contributed by atoms with E-state index < -0.39 is 23.8 Å². The van der Waals surface area contributed by atoms with Gasteiger partial charge in [0.1, 0.15) is 17.7 Å². The van der Waals surface area contributed by atoms with Crippen molar-refractivity contribution in [1.82, 2.24) is 15.5 Å². The maximum absolute atomic E-state index is 13.9. The smallest absolute Gasteiger partial charge is 0.408 e. The predicted molar refractivity (Wildman–Crippen MR) is 149 cm³/mol. The molecule has 1 aromatic rings. The van der Waals surface area contributed by atoms with Crippen LogP contribution in [0.1, 0.15) is 96.4 Å². The Morgan fingerprint density at radius 3 is 2.19 bits per heavy atom. The molecule has 0 aliphatic heterocycles. The number of rotatable bonds is 13. The molecule has 1 rings (SSSR count). The molecule has 0 aliphatic rings. The number of unbranched alkanes of at least 4 members (excludes halogenated alkanes) is 4. The first-order valence-electron chi connectivity index (χ1n) is 13.1. The Balaban J connectivity index is 3.41. The highest BCUT2D eigenvalue weighted by Gasteiger charge is 2.36. The van der Waals surface area contributed by atoms with Gasteiger partial charge in [0.2, 0.25) is 11.8 Å². The molecule has 8 heteroatoms. The van der Waals surface area contributed by atoms with Gasteiger partial charge >= 0.3 is 6.09 Å². The van der Waals surface area contributed by atoms with Crippen LogP contribution in [0.15, 0.2) is 18.2 Å². The van der Waals surface area contributed by atoms with Crippen LogP contribution in [0.3, 0.4) is 0 Å². The van der Waals surface area contributed by atoms with E-state index in [4.69, 9.17) is 4.74 Å². The Hall–Kier alpha value is -2.22. The van der Waals surface area contributed by atoms with E-state index in [-0.39, 0.29) is 23.6 Å². The molecule has 36 heavy (non-hydrogen) atoms. The predicted octanol–water partition coefficient (Wildman–Crippen LogP) is 5.49. The molecule has 2 unspecified atom stereocenters. The molecule has 0 fully saturated rings. The molecule has 0 radical (unpaired) electrons. The van der Waals surface area contributed by atoms with Crippen molar-refractivity contribution in [2.45, 2.75) is 111 Å². The number of hydrogen-bond donors (Lipinski definition) is 3. The van der Waals surface area contributed by atoms with E-state index >= 15 is 0 Å². The summed E-state index contributed by atoms with van der Waals surface area (Å²) in [4.78, 5) is 41.6. The van der Waals surface area contributed by atoms with E-state index in [1.807, 2.05) is 45.9 Å². The van der Waals surface area contributed by atoms with Gasteiger partial charge in [0, 0.05) is 18.3 Å². The summed E-state index contributed by atoms with van der Waals surface area (Å²) in [7, 11) is 0. The fraction of sp³-hybridized carbons (Fsp3) is 0.679. The van der Waals surface area contributed by atoms with Crippen LogP contribution in [0.5, 0.6) is 0 Å². The number of ether oxygens (including phenoxy) is 1. The Labute approximate surface area is 223 Å². The molecular weight excluding hydrogens is 474 g/mol. The van der Waals surface area contributed by atoms with E-state index in [0.29, 0.717) is 6.54 Å². The number of benzene rings is 1. The van der Waals surface area contributed by atoms with Crippen molar-refractivity contribution in [2.75, 3.05) is 12.3 Å². The van der Waals surface area contributed by atoms with E-state index in [1.54, 1.807) is 25.7 Å². The molecule has 7 nitrogen and oxygen atoms in total. The van der Waals surface area contributed by atoms with Gasteiger partial charge in [0.25, 0.3) is 0 Å². The molecule has 1 aromatic carbocycles. The minimum absolute atomic E-state index is 0.0792. The molecule has 0 spiro atoms. The first kappa shape index (κ1) is 31.8. The standard InChI is InChI=1S/C28H47N3O4S/c1-9-10-11-12-13-16-31(26(33)23(18-36)30-27(34)35-28(6,7)8)24(25(32)29-19(2)3)22-15-14-20(4)17-21(22)5/h14-15,17,19,23-24,36H,9-13,16,18H2,1-8H3,(H,29,32)(H,30,34). The number of carbonyl (C=O) groups excluding carboxylic acids is 3. The Bertz CT molecular complexity index is 867. The second-order valence-electron chi connectivity index (χ2n) is 10.8. The molecule has 204 valence electrons. The van der Waals surface area contributed by atoms with Crippen LogP contribution in [-0.4, -0.2) is 52.8 Å². The van der Waals surface area contributed by atoms with E-state index in [2.05, 4.69) is 30.2 Å². The Kier molecular flexibility index (Phi) is 13.4. The lowest BCUT2D eigenvalue weighted by Gasteiger charge is -2.35. The van der Waals surface area contributed by atoms with Crippen molar-refractivity contribution in [1.29, 1.82) is 0 Å². The van der Waals surface area contributed by atoms with Crippen LogP contribution in [0.2, 0.25) is 0 Å². The van der Waals surface area contributed by atoms with Crippen LogP contribution in [0, 0.1) is 13.8 Å². The average Bonchev–Trinajstić information content (AvgIpc) is 2.75. The Morgan fingerprint density at radius 1 is 1.03 bits per heavy atom. The number of carbonyl (C=O) groups is 3. The molecular formula is C28H47N3O4S. The molecule has 0 saturated heterocycles. The van der Waals surface area contributed by atoms with E-state index in [0.717, 1.165) is 48.8 Å². The van der Waals surface area contributed by atoms with Gasteiger partial charge in [0.15, 0.2) is 0 Å². The Morgan fingerprint density at radius 2 is 1.67 bits per heavy atom. The molecule has 2 atom stereocenters. The highest BCUT2D eigenvalue weighted by Crippen LogP contribution is 2.27. The van der Waals surface area contributed by atoms with Crippen LogP contribution in [-0.2, 0) is 14.3 Å². The van der Waals surface area contributed by atoms with Crippen molar-refractivity contribution < 1.29 is 19.1 Å². The highest BCUT2D eigenvalue weighted by molar-refractivity contribution is 7.80. The summed E-state index contributed by atoms with van der Waals surface area (Å²) in [5, 5.41) is 5.66. The molecule has 0 bridgehead atoms. The van der Waals surface area contributed by atoms with Gasteiger partial charge < -0.3 is 20.3 Å². The summed E-state index contributed by atoms with van der Waals surface area (Å²) in [6.07, 6.45) is 4.33. The molecule has 0 saturated carbocycles. The van der Waals surface area contributed by atoms with Crippen molar-refractivity contribution in [3.8, 4) is 0 Å². The zero-order valence-electron chi connectivity index (χ0n) is 23.4. The van der Waals surface area contributed by atoms with E-state index in [1.165, 1.54) is 0 Å². The summed E-state index contributed by atoms with van der Waals surface area (Å²) >= 11 is 4.35. The first-order valence-corrected chi connectivity index (χ1v) is 13.7. The van der Waals surface area contributed by atoms with Gasteiger partial charge in [-0.25, -0.2) is 4.79 Å². The largest absolute Gasteiger partial charge is 0.444 e. The maximum atomic E-state index is 13.9. The highest BCUT2D eigenvalue weighted by atomic mass is 32.1. The van der Waals surface area contributed by atoms with Crippen LogP contribution >= 0.6 is 12.6 Å².